The third-order valence-electron chi connectivity index (χ3n) is 5.42. The minimum absolute atomic E-state index is 0.0132. The van der Waals surface area contributed by atoms with E-state index in [0.29, 0.717) is 34.3 Å². The summed E-state index contributed by atoms with van der Waals surface area (Å²) < 4.78 is 29.0. The molecular weight excluding hydrogens is 477 g/mol. The Balaban J connectivity index is 1.67. The van der Waals surface area contributed by atoms with E-state index in [2.05, 4.69) is 9.71 Å². The van der Waals surface area contributed by atoms with Gasteiger partial charge in [-0.3, -0.25) is 4.79 Å². The van der Waals surface area contributed by atoms with Crippen LogP contribution < -0.4 is 9.62 Å². The van der Waals surface area contributed by atoms with Gasteiger partial charge in [0.2, 0.25) is 10.0 Å². The van der Waals surface area contributed by atoms with Crippen LogP contribution in [0.1, 0.15) is 19.8 Å². The number of nitrogens with one attached hydrogen (secondary N) is 1. The summed E-state index contributed by atoms with van der Waals surface area (Å²) in [6, 6.07) is 5.09. The van der Waals surface area contributed by atoms with Gasteiger partial charge in [0.25, 0.3) is 0 Å². The number of aromatic nitrogens is 3. The molecule has 0 radical (unpaired) electrons. The molecule has 0 bridgehead atoms. The van der Waals surface area contributed by atoms with Crippen LogP contribution in [0.15, 0.2) is 36.9 Å². The van der Waals surface area contributed by atoms with Gasteiger partial charge in [-0.2, -0.15) is 0 Å². The van der Waals surface area contributed by atoms with Crippen molar-refractivity contribution >= 4 is 55.9 Å². The normalized spacial score (nSPS) is 19.0. The highest BCUT2D eigenvalue weighted by Gasteiger charge is 2.33. The maximum Gasteiger partial charge on any atom is 0.304 e. The molecule has 1 aromatic carbocycles. The number of hydrogen-bond donors (Lipinski definition) is 2. The Morgan fingerprint density at radius 2 is 2.12 bits per heavy atom. The van der Waals surface area contributed by atoms with E-state index < -0.39 is 28.2 Å². The summed E-state index contributed by atoms with van der Waals surface area (Å²) in [4.78, 5) is 21.6. The van der Waals surface area contributed by atoms with E-state index in [1.165, 1.54) is 0 Å². The molecule has 32 heavy (non-hydrogen) atoms. The van der Waals surface area contributed by atoms with E-state index in [1.807, 2.05) is 34.7 Å². The molecule has 0 amide bonds. The van der Waals surface area contributed by atoms with Crippen molar-refractivity contribution in [3.05, 3.63) is 47.0 Å². The van der Waals surface area contributed by atoms with Gasteiger partial charge in [-0.15, -0.1) is 0 Å². The number of carboxylic acids is 1. The SMILES string of the molecule is C[C@@H]1C[C@@H](NS(=O)(=O)CCC(=O)O)CN1c1cc(-n2ccnc2)c2ccc(Cl)c(Cl)c2n1. The number of halogens is 2. The van der Waals surface area contributed by atoms with Crippen molar-refractivity contribution in [3.8, 4) is 5.69 Å². The van der Waals surface area contributed by atoms with Crippen molar-refractivity contribution in [2.75, 3.05) is 17.2 Å². The molecule has 2 atom stereocenters. The molecule has 170 valence electrons. The number of carbonyl (C=O) groups is 1. The molecule has 0 aliphatic carbocycles. The summed E-state index contributed by atoms with van der Waals surface area (Å²) in [5.74, 6) is -0.981. The number of benzene rings is 1. The van der Waals surface area contributed by atoms with Gasteiger partial charge in [0.1, 0.15) is 5.82 Å². The van der Waals surface area contributed by atoms with Crippen molar-refractivity contribution in [3.63, 3.8) is 0 Å². The summed E-state index contributed by atoms with van der Waals surface area (Å²) in [6.07, 6.45) is 5.27. The molecule has 0 saturated carbocycles. The first-order valence-electron chi connectivity index (χ1n) is 9.90. The number of fused-ring (bicyclic) bond motifs is 1. The molecule has 9 nitrogen and oxygen atoms in total. The molecule has 0 spiro atoms. The largest absolute Gasteiger partial charge is 0.481 e. The van der Waals surface area contributed by atoms with E-state index in [-0.39, 0.29) is 12.1 Å². The highest BCUT2D eigenvalue weighted by Crippen LogP contribution is 2.36. The Morgan fingerprint density at radius 3 is 2.81 bits per heavy atom. The van der Waals surface area contributed by atoms with Crippen LogP contribution >= 0.6 is 23.2 Å². The monoisotopic (exact) mass is 497 g/mol. The molecule has 2 N–H and O–H groups in total. The quantitative estimate of drug-likeness (QED) is 0.514. The van der Waals surface area contributed by atoms with Gasteiger partial charge in [0, 0.05) is 42.5 Å². The molecule has 12 heteroatoms. The lowest BCUT2D eigenvalue weighted by molar-refractivity contribution is -0.136. The fraction of sp³-hybridized carbons (Fsp3) is 0.350. The van der Waals surface area contributed by atoms with Crippen molar-refractivity contribution in [2.24, 2.45) is 0 Å². The minimum Gasteiger partial charge on any atom is -0.481 e. The Hall–Kier alpha value is -2.40. The number of carboxylic acid groups (broad SMARTS) is 1. The molecule has 1 saturated heterocycles. The van der Waals surface area contributed by atoms with Crippen molar-refractivity contribution in [1.29, 1.82) is 0 Å². The summed E-state index contributed by atoms with van der Waals surface area (Å²) in [5, 5.41) is 10.3. The lowest BCUT2D eigenvalue weighted by Gasteiger charge is -2.24. The number of aliphatic carboxylic acids is 1. The third-order valence-corrected chi connectivity index (χ3v) is 7.65. The van der Waals surface area contributed by atoms with Crippen LogP contribution in [0.4, 0.5) is 5.82 Å². The Kier molecular flexibility index (Phi) is 6.30. The van der Waals surface area contributed by atoms with Gasteiger partial charge in [0.05, 0.1) is 39.8 Å². The predicted octanol–water partition coefficient (Wildman–Crippen LogP) is 3.09. The van der Waals surface area contributed by atoms with Crippen LogP contribution in [0.5, 0.6) is 0 Å². The molecule has 1 fully saturated rings. The molecule has 2 aromatic heterocycles. The average molecular weight is 498 g/mol. The van der Waals surface area contributed by atoms with Gasteiger partial charge in [-0.25, -0.2) is 23.1 Å². The minimum atomic E-state index is -3.71. The Bertz CT molecular complexity index is 1270. The third kappa shape index (κ3) is 4.68. The number of sulfonamides is 1. The molecule has 0 unspecified atom stereocenters. The first kappa shape index (κ1) is 22.8. The topological polar surface area (TPSA) is 117 Å². The van der Waals surface area contributed by atoms with E-state index in [9.17, 15) is 13.2 Å². The number of anilines is 1. The fourth-order valence-electron chi connectivity index (χ4n) is 3.94. The van der Waals surface area contributed by atoms with Crippen LogP contribution in [-0.4, -0.2) is 58.4 Å². The summed E-state index contributed by atoms with van der Waals surface area (Å²) in [6.45, 7) is 2.36. The second kappa shape index (κ2) is 8.86. The van der Waals surface area contributed by atoms with E-state index in [4.69, 9.17) is 33.3 Å². The van der Waals surface area contributed by atoms with Gasteiger partial charge in [-0.1, -0.05) is 23.2 Å². The van der Waals surface area contributed by atoms with Gasteiger partial charge < -0.3 is 14.6 Å². The number of pyridine rings is 1. The lowest BCUT2D eigenvalue weighted by Crippen LogP contribution is -2.39. The van der Waals surface area contributed by atoms with E-state index in [1.54, 1.807) is 18.6 Å². The highest BCUT2D eigenvalue weighted by molar-refractivity contribution is 7.89. The highest BCUT2D eigenvalue weighted by atomic mass is 35.5. The summed E-state index contributed by atoms with van der Waals surface area (Å²) in [5.41, 5.74) is 1.36. The standard InChI is InChI=1S/C20H21Cl2N5O4S/c1-12-8-13(25-32(30,31)7-4-18(28)29)10-27(12)17-9-16(26-6-5-23-11-26)14-2-3-15(21)19(22)20(14)24-17/h2-3,5-6,9,11-13,25H,4,7-8,10H2,1H3,(H,28,29)/t12-,13-/m1/s1. The smallest absolute Gasteiger partial charge is 0.304 e. The molecule has 3 aromatic rings. The Morgan fingerprint density at radius 1 is 1.34 bits per heavy atom. The second-order valence-electron chi connectivity index (χ2n) is 7.74. The zero-order chi connectivity index (χ0) is 23.0. The average Bonchev–Trinajstić information content (AvgIpc) is 3.38. The van der Waals surface area contributed by atoms with Crippen molar-refractivity contribution < 1.29 is 18.3 Å². The van der Waals surface area contributed by atoms with Crippen molar-refractivity contribution in [1.82, 2.24) is 19.3 Å². The zero-order valence-corrected chi connectivity index (χ0v) is 19.4. The van der Waals surface area contributed by atoms with Crippen LogP contribution in [0.3, 0.4) is 0 Å². The van der Waals surface area contributed by atoms with Crippen LogP contribution in [-0.2, 0) is 14.8 Å². The van der Waals surface area contributed by atoms with Crippen LogP contribution in [0.25, 0.3) is 16.6 Å². The molecule has 1 aliphatic heterocycles. The first-order chi connectivity index (χ1) is 15.1. The zero-order valence-electron chi connectivity index (χ0n) is 17.1. The fourth-order valence-corrected chi connectivity index (χ4v) is 5.53. The predicted molar refractivity (Wildman–Crippen MR) is 123 cm³/mol. The van der Waals surface area contributed by atoms with Crippen LogP contribution in [0.2, 0.25) is 10.0 Å². The number of imidazole rings is 1. The van der Waals surface area contributed by atoms with E-state index >= 15 is 0 Å². The second-order valence-corrected chi connectivity index (χ2v) is 10.4. The van der Waals surface area contributed by atoms with Gasteiger partial charge in [0.15, 0.2) is 0 Å². The maximum atomic E-state index is 12.3. The number of hydrogen-bond acceptors (Lipinski definition) is 6. The molecular formula is C20H21Cl2N5O4S. The summed E-state index contributed by atoms with van der Waals surface area (Å²) >= 11 is 12.7. The summed E-state index contributed by atoms with van der Waals surface area (Å²) in [7, 11) is -3.71. The molecule has 1 aliphatic rings. The first-order valence-corrected chi connectivity index (χ1v) is 12.3. The van der Waals surface area contributed by atoms with Gasteiger partial charge >= 0.3 is 5.97 Å². The lowest BCUT2D eigenvalue weighted by atomic mass is 10.1. The number of nitrogens with zero attached hydrogens (tertiary/aromatic N) is 4. The van der Waals surface area contributed by atoms with Crippen molar-refractivity contribution in [2.45, 2.75) is 31.8 Å². The Labute approximate surface area is 195 Å². The number of rotatable bonds is 7. The maximum absolute atomic E-state index is 12.3. The molecule has 4 rings (SSSR count). The van der Waals surface area contributed by atoms with E-state index in [0.717, 1.165) is 11.1 Å². The van der Waals surface area contributed by atoms with Gasteiger partial charge in [-0.05, 0) is 25.5 Å². The molecule has 3 heterocycles. The van der Waals surface area contributed by atoms with Crippen LogP contribution in [0, 0.1) is 0 Å².